The van der Waals surface area contributed by atoms with Crippen LogP contribution in [0.5, 0.6) is 0 Å². The predicted octanol–water partition coefficient (Wildman–Crippen LogP) is 1.75. The zero-order chi connectivity index (χ0) is 8.81. The number of ether oxygens (including phenoxy) is 1. The molecule has 72 valence electrons. The summed E-state index contributed by atoms with van der Waals surface area (Å²) >= 11 is 0. The Kier molecular flexibility index (Phi) is 4.62. The highest BCUT2D eigenvalue weighted by Crippen LogP contribution is 2.18. The van der Waals surface area contributed by atoms with Crippen LogP contribution in [0.4, 0.5) is 0 Å². The lowest BCUT2D eigenvalue weighted by Crippen LogP contribution is -2.30. The minimum atomic E-state index is 0.868. The molecule has 0 spiro atoms. The maximum absolute atomic E-state index is 5.35. The van der Waals surface area contributed by atoms with Gasteiger partial charge >= 0.3 is 0 Å². The van der Waals surface area contributed by atoms with Gasteiger partial charge in [0.05, 0.1) is 0 Å². The summed E-state index contributed by atoms with van der Waals surface area (Å²) in [5.41, 5.74) is 0. The van der Waals surface area contributed by atoms with Crippen LogP contribution in [0.25, 0.3) is 0 Å². The van der Waals surface area contributed by atoms with Gasteiger partial charge in [-0.15, -0.1) is 0 Å². The fourth-order valence-electron chi connectivity index (χ4n) is 1.75. The molecule has 12 heavy (non-hydrogen) atoms. The fourth-order valence-corrected chi connectivity index (χ4v) is 1.75. The first-order chi connectivity index (χ1) is 5.83. The molecule has 0 saturated carbocycles. The number of hydrogen-bond donors (Lipinski definition) is 0. The van der Waals surface area contributed by atoms with Gasteiger partial charge in [0.15, 0.2) is 0 Å². The Balaban J connectivity index is 2.01. The van der Waals surface area contributed by atoms with E-state index in [4.69, 9.17) is 4.74 Å². The number of hydrogen-bond acceptors (Lipinski definition) is 2. The van der Waals surface area contributed by atoms with Crippen molar-refractivity contribution in [2.45, 2.75) is 26.2 Å². The minimum absolute atomic E-state index is 0.868. The molecule has 1 rings (SSSR count). The molecular formula is C10H21NO. The van der Waals surface area contributed by atoms with Crippen molar-refractivity contribution in [3.8, 4) is 0 Å². The van der Waals surface area contributed by atoms with Crippen LogP contribution in [-0.4, -0.2) is 38.3 Å². The lowest BCUT2D eigenvalue weighted by molar-refractivity contribution is 0.115. The van der Waals surface area contributed by atoms with Crippen LogP contribution in [0, 0.1) is 5.92 Å². The Bertz CT molecular complexity index is 108. The van der Waals surface area contributed by atoms with E-state index in [0.717, 1.165) is 19.1 Å². The molecule has 0 aromatic rings. The molecule has 0 aromatic heterocycles. The molecular weight excluding hydrogens is 150 g/mol. The quantitative estimate of drug-likeness (QED) is 0.598. The summed E-state index contributed by atoms with van der Waals surface area (Å²) in [7, 11) is 2.21. The van der Waals surface area contributed by atoms with Crippen molar-refractivity contribution in [2.75, 3.05) is 33.4 Å². The van der Waals surface area contributed by atoms with Crippen LogP contribution in [0.3, 0.4) is 0 Å². The van der Waals surface area contributed by atoms with Crippen molar-refractivity contribution in [1.82, 2.24) is 4.90 Å². The summed E-state index contributed by atoms with van der Waals surface area (Å²) in [5, 5.41) is 0. The summed E-state index contributed by atoms with van der Waals surface area (Å²) in [6.07, 6.45) is 3.99. The first-order valence-electron chi connectivity index (χ1n) is 5.09. The number of nitrogens with zero attached hydrogens (tertiary/aromatic N) is 1. The molecule has 0 radical (unpaired) electrons. The molecule has 1 aliphatic heterocycles. The first-order valence-corrected chi connectivity index (χ1v) is 5.09. The van der Waals surface area contributed by atoms with Crippen LogP contribution in [0.15, 0.2) is 0 Å². The highest BCUT2D eigenvalue weighted by atomic mass is 16.5. The fraction of sp³-hybridized carbons (Fsp3) is 1.00. The molecule has 0 bridgehead atoms. The normalized spacial score (nSPS) is 21.5. The topological polar surface area (TPSA) is 12.5 Å². The number of likely N-dealkylation sites (tertiary alicyclic amines) is 1. The van der Waals surface area contributed by atoms with Gasteiger partial charge in [-0.3, -0.25) is 0 Å². The lowest BCUT2D eigenvalue weighted by atomic mass is 9.94. The van der Waals surface area contributed by atoms with Crippen molar-refractivity contribution in [3.05, 3.63) is 0 Å². The average molecular weight is 171 g/mol. The third-order valence-electron chi connectivity index (χ3n) is 2.71. The SMILES string of the molecule is CCOCCC1CCN(C)CC1. The van der Waals surface area contributed by atoms with E-state index in [1.165, 1.54) is 32.4 Å². The summed E-state index contributed by atoms with van der Waals surface area (Å²) in [6.45, 7) is 6.44. The summed E-state index contributed by atoms with van der Waals surface area (Å²) < 4.78 is 5.35. The monoisotopic (exact) mass is 171 g/mol. The molecule has 0 amide bonds. The minimum Gasteiger partial charge on any atom is -0.382 e. The van der Waals surface area contributed by atoms with Crippen LogP contribution < -0.4 is 0 Å². The lowest BCUT2D eigenvalue weighted by Gasteiger charge is -2.28. The summed E-state index contributed by atoms with van der Waals surface area (Å²) in [6, 6.07) is 0. The van der Waals surface area contributed by atoms with E-state index < -0.39 is 0 Å². The van der Waals surface area contributed by atoms with E-state index in [9.17, 15) is 0 Å². The molecule has 1 saturated heterocycles. The van der Waals surface area contributed by atoms with E-state index in [0.29, 0.717) is 0 Å². The van der Waals surface area contributed by atoms with Crippen molar-refractivity contribution in [1.29, 1.82) is 0 Å². The van der Waals surface area contributed by atoms with Crippen molar-refractivity contribution < 1.29 is 4.74 Å². The van der Waals surface area contributed by atoms with Gasteiger partial charge in [0.1, 0.15) is 0 Å². The van der Waals surface area contributed by atoms with Gasteiger partial charge in [-0.05, 0) is 52.2 Å². The van der Waals surface area contributed by atoms with Gasteiger partial charge in [0.2, 0.25) is 0 Å². The molecule has 2 heteroatoms. The molecule has 0 atom stereocenters. The maximum atomic E-state index is 5.35. The molecule has 0 aliphatic carbocycles. The largest absolute Gasteiger partial charge is 0.382 e. The van der Waals surface area contributed by atoms with Gasteiger partial charge in [-0.2, -0.15) is 0 Å². The Morgan fingerprint density at radius 2 is 2.00 bits per heavy atom. The van der Waals surface area contributed by atoms with Gasteiger partial charge < -0.3 is 9.64 Å². The third-order valence-corrected chi connectivity index (χ3v) is 2.71. The Labute approximate surface area is 75.9 Å². The van der Waals surface area contributed by atoms with Crippen LogP contribution in [-0.2, 0) is 4.74 Å². The molecule has 1 fully saturated rings. The van der Waals surface area contributed by atoms with E-state index in [2.05, 4.69) is 18.9 Å². The van der Waals surface area contributed by atoms with Crippen molar-refractivity contribution in [3.63, 3.8) is 0 Å². The van der Waals surface area contributed by atoms with Gasteiger partial charge in [-0.1, -0.05) is 0 Å². The second-order valence-corrected chi connectivity index (χ2v) is 3.73. The van der Waals surface area contributed by atoms with Crippen molar-refractivity contribution >= 4 is 0 Å². The van der Waals surface area contributed by atoms with Gasteiger partial charge in [-0.25, -0.2) is 0 Å². The van der Waals surface area contributed by atoms with Crippen LogP contribution in [0.2, 0.25) is 0 Å². The maximum Gasteiger partial charge on any atom is 0.0468 e. The van der Waals surface area contributed by atoms with Crippen LogP contribution in [0.1, 0.15) is 26.2 Å². The van der Waals surface area contributed by atoms with E-state index in [-0.39, 0.29) is 0 Å². The average Bonchev–Trinajstić information content (AvgIpc) is 2.09. The zero-order valence-electron chi connectivity index (χ0n) is 8.38. The standard InChI is InChI=1S/C10H21NO/c1-3-12-9-6-10-4-7-11(2)8-5-10/h10H,3-9H2,1-2H3. The summed E-state index contributed by atoms with van der Waals surface area (Å²) in [5.74, 6) is 0.924. The molecule has 0 unspecified atom stereocenters. The highest BCUT2D eigenvalue weighted by molar-refractivity contribution is 4.69. The molecule has 0 aromatic carbocycles. The highest BCUT2D eigenvalue weighted by Gasteiger charge is 2.15. The Morgan fingerprint density at radius 3 is 2.58 bits per heavy atom. The van der Waals surface area contributed by atoms with Crippen LogP contribution >= 0.6 is 0 Å². The Hall–Kier alpha value is -0.0800. The number of piperidine rings is 1. The molecule has 0 N–H and O–H groups in total. The van der Waals surface area contributed by atoms with Gasteiger partial charge in [0, 0.05) is 13.2 Å². The molecule has 1 heterocycles. The van der Waals surface area contributed by atoms with E-state index >= 15 is 0 Å². The zero-order valence-corrected chi connectivity index (χ0v) is 8.38. The smallest absolute Gasteiger partial charge is 0.0468 e. The van der Waals surface area contributed by atoms with Gasteiger partial charge in [0.25, 0.3) is 0 Å². The van der Waals surface area contributed by atoms with Crippen molar-refractivity contribution in [2.24, 2.45) is 5.92 Å². The predicted molar refractivity (Wildman–Crippen MR) is 51.3 cm³/mol. The molecule has 2 nitrogen and oxygen atoms in total. The second-order valence-electron chi connectivity index (χ2n) is 3.73. The van der Waals surface area contributed by atoms with E-state index in [1.54, 1.807) is 0 Å². The number of rotatable bonds is 4. The first kappa shape index (κ1) is 10.0. The van der Waals surface area contributed by atoms with E-state index in [1.807, 2.05) is 0 Å². The summed E-state index contributed by atoms with van der Waals surface area (Å²) in [4.78, 5) is 2.41. The third kappa shape index (κ3) is 3.55. The molecule has 1 aliphatic rings. The Morgan fingerprint density at radius 1 is 1.33 bits per heavy atom. The second kappa shape index (κ2) is 5.55.